The summed E-state index contributed by atoms with van der Waals surface area (Å²) in [5.74, 6) is 0.626. The highest BCUT2D eigenvalue weighted by Gasteiger charge is 2.16. The molecule has 118 valence electrons. The first-order valence-corrected chi connectivity index (χ1v) is 7.29. The number of amides is 1. The molecule has 1 aromatic rings. The number of benzene rings is 1. The second kappa shape index (κ2) is 9.37. The first-order chi connectivity index (χ1) is 10.0. The molecular formula is C16H26N2O3. The molecule has 0 spiro atoms. The molecule has 1 unspecified atom stereocenters. The molecule has 21 heavy (non-hydrogen) atoms. The van der Waals surface area contributed by atoms with E-state index in [2.05, 4.69) is 10.6 Å². The third-order valence-corrected chi connectivity index (χ3v) is 2.87. The van der Waals surface area contributed by atoms with E-state index in [0.717, 1.165) is 17.9 Å². The molecule has 2 N–H and O–H groups in total. The summed E-state index contributed by atoms with van der Waals surface area (Å²) >= 11 is 0. The maximum Gasteiger partial charge on any atom is 0.260 e. The lowest BCUT2D eigenvalue weighted by Crippen LogP contribution is -2.40. The highest BCUT2D eigenvalue weighted by molar-refractivity contribution is 5.80. The number of carbonyl (C=O) groups is 1. The van der Waals surface area contributed by atoms with Gasteiger partial charge in [-0.2, -0.15) is 0 Å². The molecule has 1 amide bonds. The van der Waals surface area contributed by atoms with Gasteiger partial charge in [0.15, 0.2) is 6.10 Å². The summed E-state index contributed by atoms with van der Waals surface area (Å²) in [5, 5.41) is 6.12. The fourth-order valence-corrected chi connectivity index (χ4v) is 1.81. The van der Waals surface area contributed by atoms with E-state index in [4.69, 9.17) is 9.47 Å². The third-order valence-electron chi connectivity index (χ3n) is 2.87. The molecule has 0 aliphatic heterocycles. The van der Waals surface area contributed by atoms with Crippen molar-refractivity contribution in [2.45, 2.75) is 39.5 Å². The lowest BCUT2D eigenvalue weighted by molar-refractivity contribution is -0.127. The van der Waals surface area contributed by atoms with Crippen LogP contribution in [0.2, 0.25) is 0 Å². The van der Waals surface area contributed by atoms with Gasteiger partial charge in [-0.3, -0.25) is 4.79 Å². The van der Waals surface area contributed by atoms with Crippen molar-refractivity contribution in [2.75, 3.05) is 20.3 Å². The van der Waals surface area contributed by atoms with Crippen LogP contribution in [0.1, 0.15) is 26.3 Å². The van der Waals surface area contributed by atoms with Crippen LogP contribution in [0.25, 0.3) is 0 Å². The Kier molecular flexibility index (Phi) is 7.79. The average Bonchev–Trinajstić information content (AvgIpc) is 2.44. The van der Waals surface area contributed by atoms with E-state index in [0.29, 0.717) is 13.2 Å². The van der Waals surface area contributed by atoms with Crippen molar-refractivity contribution in [1.29, 1.82) is 0 Å². The fraction of sp³-hybridized carbons (Fsp3) is 0.562. The summed E-state index contributed by atoms with van der Waals surface area (Å²) in [5.41, 5.74) is 1.03. The molecule has 1 rings (SSSR count). The van der Waals surface area contributed by atoms with E-state index in [9.17, 15) is 4.79 Å². The van der Waals surface area contributed by atoms with Gasteiger partial charge in [0.25, 0.3) is 5.91 Å². The van der Waals surface area contributed by atoms with E-state index in [-0.39, 0.29) is 11.9 Å². The van der Waals surface area contributed by atoms with Gasteiger partial charge in [-0.05, 0) is 26.8 Å². The molecule has 0 aliphatic rings. The van der Waals surface area contributed by atoms with Crippen molar-refractivity contribution in [3.8, 4) is 5.75 Å². The Bertz CT molecular complexity index is 435. The maximum absolute atomic E-state index is 11.9. The van der Waals surface area contributed by atoms with Gasteiger partial charge in [0, 0.05) is 31.8 Å². The van der Waals surface area contributed by atoms with Crippen LogP contribution < -0.4 is 15.4 Å². The second-order valence-electron chi connectivity index (χ2n) is 5.20. The lowest BCUT2D eigenvalue weighted by atomic mass is 10.2. The summed E-state index contributed by atoms with van der Waals surface area (Å²) in [7, 11) is 1.67. The number of nitrogens with one attached hydrogen (secondary N) is 2. The average molecular weight is 294 g/mol. The number of rotatable bonds is 9. The minimum absolute atomic E-state index is 0.104. The number of para-hydroxylation sites is 1. The van der Waals surface area contributed by atoms with Gasteiger partial charge >= 0.3 is 0 Å². The zero-order valence-corrected chi connectivity index (χ0v) is 13.3. The van der Waals surface area contributed by atoms with Crippen molar-refractivity contribution >= 4 is 5.91 Å². The van der Waals surface area contributed by atoms with Crippen LogP contribution >= 0.6 is 0 Å². The van der Waals surface area contributed by atoms with E-state index in [1.165, 1.54) is 0 Å². The Hall–Kier alpha value is -1.59. The van der Waals surface area contributed by atoms with E-state index >= 15 is 0 Å². The molecule has 0 saturated carbocycles. The molecule has 5 nitrogen and oxygen atoms in total. The quantitative estimate of drug-likeness (QED) is 0.681. The van der Waals surface area contributed by atoms with Crippen molar-refractivity contribution in [1.82, 2.24) is 10.6 Å². The Balaban J connectivity index is 2.59. The predicted molar refractivity (Wildman–Crippen MR) is 83.4 cm³/mol. The van der Waals surface area contributed by atoms with Crippen LogP contribution in [0.5, 0.6) is 5.75 Å². The van der Waals surface area contributed by atoms with Crippen LogP contribution in [0, 0.1) is 0 Å². The summed E-state index contributed by atoms with van der Waals surface area (Å²) in [6.07, 6.45) is -0.521. The number of carbonyl (C=O) groups excluding carboxylic acids is 1. The predicted octanol–water partition coefficient (Wildman–Crippen LogP) is 1.71. The van der Waals surface area contributed by atoms with Crippen molar-refractivity contribution in [3.05, 3.63) is 29.8 Å². The number of hydrogen-bond donors (Lipinski definition) is 2. The highest BCUT2D eigenvalue weighted by atomic mass is 16.5. The lowest BCUT2D eigenvalue weighted by Gasteiger charge is -2.18. The second-order valence-corrected chi connectivity index (χ2v) is 5.20. The number of ether oxygens (including phenoxy) is 2. The zero-order valence-electron chi connectivity index (χ0n) is 13.3. The first kappa shape index (κ1) is 17.5. The molecule has 1 atom stereocenters. The van der Waals surface area contributed by atoms with Gasteiger partial charge in [-0.1, -0.05) is 18.2 Å². The van der Waals surface area contributed by atoms with Crippen LogP contribution in [0.4, 0.5) is 0 Å². The molecular weight excluding hydrogens is 268 g/mol. The fourth-order valence-electron chi connectivity index (χ4n) is 1.81. The van der Waals surface area contributed by atoms with Gasteiger partial charge in [0.2, 0.25) is 0 Å². The van der Waals surface area contributed by atoms with Crippen LogP contribution in [-0.2, 0) is 16.1 Å². The first-order valence-electron chi connectivity index (χ1n) is 7.29. The van der Waals surface area contributed by atoms with Crippen molar-refractivity contribution < 1.29 is 14.3 Å². The van der Waals surface area contributed by atoms with Crippen LogP contribution in [0.3, 0.4) is 0 Å². The van der Waals surface area contributed by atoms with Crippen molar-refractivity contribution in [3.63, 3.8) is 0 Å². The maximum atomic E-state index is 11.9. The Morgan fingerprint density at radius 2 is 1.95 bits per heavy atom. The van der Waals surface area contributed by atoms with Gasteiger partial charge in [-0.25, -0.2) is 0 Å². The van der Waals surface area contributed by atoms with Crippen LogP contribution in [0.15, 0.2) is 24.3 Å². The minimum atomic E-state index is -0.521. The van der Waals surface area contributed by atoms with E-state index < -0.39 is 6.10 Å². The molecule has 0 aromatic heterocycles. The van der Waals surface area contributed by atoms with Gasteiger partial charge in [-0.15, -0.1) is 0 Å². The monoisotopic (exact) mass is 294 g/mol. The molecule has 0 bridgehead atoms. The molecule has 0 saturated heterocycles. The van der Waals surface area contributed by atoms with E-state index in [1.807, 2.05) is 38.1 Å². The third kappa shape index (κ3) is 6.60. The normalized spacial score (nSPS) is 12.2. The topological polar surface area (TPSA) is 59.6 Å². The standard InChI is InChI=1S/C16H26N2O3/c1-12(2)18-16(19)13(3)21-15-8-6-5-7-14(15)11-17-9-10-20-4/h5-8,12-13,17H,9-11H2,1-4H3,(H,18,19). The SMILES string of the molecule is COCCNCc1ccccc1OC(C)C(=O)NC(C)C. The molecule has 5 heteroatoms. The number of hydrogen-bond acceptors (Lipinski definition) is 4. The summed E-state index contributed by atoms with van der Waals surface area (Å²) in [4.78, 5) is 11.9. The highest BCUT2D eigenvalue weighted by Crippen LogP contribution is 2.19. The van der Waals surface area contributed by atoms with Crippen molar-refractivity contribution in [2.24, 2.45) is 0 Å². The van der Waals surface area contributed by atoms with Gasteiger partial charge < -0.3 is 20.1 Å². The van der Waals surface area contributed by atoms with Gasteiger partial charge in [0.05, 0.1) is 6.61 Å². The summed E-state index contributed by atoms with van der Waals surface area (Å²) < 4.78 is 10.8. The minimum Gasteiger partial charge on any atom is -0.481 e. The molecule has 0 heterocycles. The zero-order chi connectivity index (χ0) is 15.7. The molecule has 0 aliphatic carbocycles. The van der Waals surface area contributed by atoms with Gasteiger partial charge in [0.1, 0.15) is 5.75 Å². The number of methoxy groups -OCH3 is 1. The molecule has 1 aromatic carbocycles. The Labute approximate surface area is 127 Å². The Morgan fingerprint density at radius 3 is 2.62 bits per heavy atom. The summed E-state index contributed by atoms with van der Waals surface area (Å²) in [6.45, 7) is 7.73. The smallest absolute Gasteiger partial charge is 0.260 e. The van der Waals surface area contributed by atoms with E-state index in [1.54, 1.807) is 14.0 Å². The molecule has 0 radical (unpaired) electrons. The Morgan fingerprint density at radius 1 is 1.24 bits per heavy atom. The summed E-state index contributed by atoms with van der Waals surface area (Å²) in [6, 6.07) is 7.84. The largest absolute Gasteiger partial charge is 0.481 e. The molecule has 0 fully saturated rings. The van der Waals surface area contributed by atoms with Crippen LogP contribution in [-0.4, -0.2) is 38.3 Å².